The molecule has 0 aliphatic carbocycles. The SMILES string of the molecule is NNc1ccc(CSc2cccc(F)c2)cc1[N+](=O)[O-]. The Kier molecular flexibility index (Phi) is 4.54. The van der Waals surface area contributed by atoms with Gasteiger partial charge in [0, 0.05) is 16.7 Å². The molecule has 2 rings (SSSR count). The summed E-state index contributed by atoms with van der Waals surface area (Å²) in [6, 6.07) is 11.0. The first-order valence-electron chi connectivity index (χ1n) is 5.72. The molecule has 0 aromatic heterocycles. The van der Waals surface area contributed by atoms with Crippen molar-refractivity contribution < 1.29 is 9.31 Å². The largest absolute Gasteiger partial charge is 0.318 e. The molecule has 0 bridgehead atoms. The number of benzene rings is 2. The number of halogens is 1. The Labute approximate surface area is 119 Å². The van der Waals surface area contributed by atoms with E-state index in [0.29, 0.717) is 5.75 Å². The van der Waals surface area contributed by atoms with Crippen LogP contribution < -0.4 is 11.3 Å². The first-order valence-corrected chi connectivity index (χ1v) is 6.71. The number of rotatable bonds is 5. The highest BCUT2D eigenvalue weighted by molar-refractivity contribution is 7.98. The molecule has 0 fully saturated rings. The summed E-state index contributed by atoms with van der Waals surface area (Å²) in [6.45, 7) is 0. The maximum Gasteiger partial charge on any atom is 0.293 e. The molecule has 0 unspecified atom stereocenters. The van der Waals surface area contributed by atoms with Gasteiger partial charge in [-0.05, 0) is 29.8 Å². The van der Waals surface area contributed by atoms with E-state index in [2.05, 4.69) is 5.43 Å². The second-order valence-electron chi connectivity index (χ2n) is 4.00. The van der Waals surface area contributed by atoms with Crippen molar-refractivity contribution in [2.24, 2.45) is 5.84 Å². The van der Waals surface area contributed by atoms with Gasteiger partial charge in [-0.1, -0.05) is 12.1 Å². The summed E-state index contributed by atoms with van der Waals surface area (Å²) < 4.78 is 13.0. The van der Waals surface area contributed by atoms with Crippen LogP contribution in [0.3, 0.4) is 0 Å². The van der Waals surface area contributed by atoms with E-state index in [1.165, 1.54) is 30.0 Å². The van der Waals surface area contributed by atoms with Gasteiger partial charge < -0.3 is 5.43 Å². The lowest BCUT2D eigenvalue weighted by Crippen LogP contribution is -2.09. The maximum absolute atomic E-state index is 13.0. The maximum atomic E-state index is 13.0. The van der Waals surface area contributed by atoms with Crippen molar-refractivity contribution in [1.29, 1.82) is 0 Å². The number of nitrogens with two attached hydrogens (primary N) is 1. The molecule has 0 amide bonds. The Bertz CT molecular complexity index is 637. The lowest BCUT2D eigenvalue weighted by molar-refractivity contribution is -0.384. The lowest BCUT2D eigenvalue weighted by Gasteiger charge is -2.05. The third-order valence-corrected chi connectivity index (χ3v) is 3.68. The molecule has 0 spiro atoms. The van der Waals surface area contributed by atoms with Crippen LogP contribution in [0.25, 0.3) is 0 Å². The molecule has 2 aromatic carbocycles. The van der Waals surface area contributed by atoms with E-state index in [1.54, 1.807) is 24.3 Å². The minimum Gasteiger partial charge on any atom is -0.318 e. The molecule has 0 atom stereocenters. The van der Waals surface area contributed by atoms with Gasteiger partial charge in [-0.25, -0.2) is 4.39 Å². The number of hydrazine groups is 1. The van der Waals surface area contributed by atoms with Crippen molar-refractivity contribution in [2.75, 3.05) is 5.43 Å². The lowest BCUT2D eigenvalue weighted by atomic mass is 10.2. The number of nitrogen functional groups attached to an aromatic ring is 1. The van der Waals surface area contributed by atoms with E-state index in [0.717, 1.165) is 10.5 Å². The van der Waals surface area contributed by atoms with Crippen LogP contribution >= 0.6 is 11.8 Å². The molecule has 104 valence electrons. The average molecular weight is 293 g/mol. The molecular weight excluding hydrogens is 281 g/mol. The summed E-state index contributed by atoms with van der Waals surface area (Å²) in [5, 5.41) is 10.9. The molecule has 0 heterocycles. The molecule has 0 saturated carbocycles. The van der Waals surface area contributed by atoms with E-state index >= 15 is 0 Å². The zero-order chi connectivity index (χ0) is 14.5. The van der Waals surface area contributed by atoms with Gasteiger partial charge in [0.1, 0.15) is 11.5 Å². The van der Waals surface area contributed by atoms with Crippen LogP contribution in [0.2, 0.25) is 0 Å². The Morgan fingerprint density at radius 3 is 2.75 bits per heavy atom. The summed E-state index contributed by atoms with van der Waals surface area (Å²) in [5.74, 6) is 5.43. The zero-order valence-electron chi connectivity index (χ0n) is 10.4. The highest BCUT2D eigenvalue weighted by Crippen LogP contribution is 2.29. The van der Waals surface area contributed by atoms with E-state index in [-0.39, 0.29) is 17.2 Å². The first kappa shape index (κ1) is 14.3. The molecule has 0 aliphatic heterocycles. The second kappa shape index (κ2) is 6.36. The molecule has 2 aromatic rings. The molecular formula is C13H12FN3O2S. The normalized spacial score (nSPS) is 10.3. The summed E-state index contributed by atoms with van der Waals surface area (Å²) in [6.07, 6.45) is 0. The highest BCUT2D eigenvalue weighted by Gasteiger charge is 2.13. The quantitative estimate of drug-likeness (QED) is 0.382. The van der Waals surface area contributed by atoms with Crippen LogP contribution in [0, 0.1) is 15.9 Å². The van der Waals surface area contributed by atoms with Crippen LogP contribution in [0.1, 0.15) is 5.56 Å². The number of nitro benzene ring substituents is 1. The van der Waals surface area contributed by atoms with Crippen LogP contribution in [-0.4, -0.2) is 4.92 Å². The zero-order valence-corrected chi connectivity index (χ0v) is 11.2. The van der Waals surface area contributed by atoms with Crippen molar-refractivity contribution in [3.8, 4) is 0 Å². The summed E-state index contributed by atoms with van der Waals surface area (Å²) >= 11 is 1.41. The third kappa shape index (κ3) is 3.46. The predicted molar refractivity (Wildman–Crippen MR) is 76.9 cm³/mol. The molecule has 7 heteroatoms. The Morgan fingerprint density at radius 1 is 1.30 bits per heavy atom. The molecule has 0 aliphatic rings. The fourth-order valence-electron chi connectivity index (χ4n) is 1.66. The van der Waals surface area contributed by atoms with Gasteiger partial charge in [0.25, 0.3) is 5.69 Å². The second-order valence-corrected chi connectivity index (χ2v) is 5.05. The number of hydrogen-bond donors (Lipinski definition) is 2. The van der Waals surface area contributed by atoms with Gasteiger partial charge >= 0.3 is 0 Å². The highest BCUT2D eigenvalue weighted by atomic mass is 32.2. The smallest absolute Gasteiger partial charge is 0.293 e. The van der Waals surface area contributed by atoms with Crippen LogP contribution in [0.15, 0.2) is 47.4 Å². The van der Waals surface area contributed by atoms with Crippen LogP contribution in [-0.2, 0) is 5.75 Å². The molecule has 5 nitrogen and oxygen atoms in total. The Hall–Kier alpha value is -2.12. The van der Waals surface area contributed by atoms with Crippen LogP contribution in [0.5, 0.6) is 0 Å². The van der Waals surface area contributed by atoms with Crippen LogP contribution in [0.4, 0.5) is 15.8 Å². The number of nitrogens with zero attached hydrogens (tertiary/aromatic N) is 1. The number of hydrogen-bond acceptors (Lipinski definition) is 5. The van der Waals surface area contributed by atoms with Gasteiger partial charge in [-0.15, -0.1) is 11.8 Å². The Balaban J connectivity index is 2.14. The fraction of sp³-hybridized carbons (Fsp3) is 0.0769. The number of nitrogens with one attached hydrogen (secondary N) is 1. The van der Waals surface area contributed by atoms with Gasteiger partial charge in [0.2, 0.25) is 0 Å². The summed E-state index contributed by atoms with van der Waals surface area (Å²) in [5.41, 5.74) is 3.24. The van der Waals surface area contributed by atoms with Gasteiger partial charge in [-0.3, -0.25) is 16.0 Å². The number of nitro groups is 1. The van der Waals surface area contributed by atoms with Gasteiger partial charge in [-0.2, -0.15) is 0 Å². The van der Waals surface area contributed by atoms with Crippen molar-refractivity contribution in [2.45, 2.75) is 10.6 Å². The monoisotopic (exact) mass is 293 g/mol. The van der Waals surface area contributed by atoms with E-state index in [4.69, 9.17) is 5.84 Å². The average Bonchev–Trinajstić information content (AvgIpc) is 2.45. The number of thioether (sulfide) groups is 1. The van der Waals surface area contributed by atoms with E-state index in [9.17, 15) is 14.5 Å². The van der Waals surface area contributed by atoms with Crippen molar-refractivity contribution in [1.82, 2.24) is 0 Å². The first-order chi connectivity index (χ1) is 9.60. The van der Waals surface area contributed by atoms with E-state index < -0.39 is 4.92 Å². The minimum atomic E-state index is -0.494. The van der Waals surface area contributed by atoms with Crippen molar-refractivity contribution >= 4 is 23.1 Å². The third-order valence-electron chi connectivity index (χ3n) is 2.62. The molecule has 20 heavy (non-hydrogen) atoms. The predicted octanol–water partition coefficient (Wildman–Crippen LogP) is 3.31. The van der Waals surface area contributed by atoms with Crippen molar-refractivity contribution in [3.05, 3.63) is 64.0 Å². The standard InChI is InChI=1S/C13H12FN3O2S/c14-10-2-1-3-11(7-10)20-8-9-4-5-12(16-15)13(6-9)17(18)19/h1-7,16H,8,15H2. The Morgan fingerprint density at radius 2 is 2.10 bits per heavy atom. The topological polar surface area (TPSA) is 81.2 Å². The van der Waals surface area contributed by atoms with Gasteiger partial charge in [0.15, 0.2) is 0 Å². The molecule has 0 radical (unpaired) electrons. The summed E-state index contributed by atoms with van der Waals surface area (Å²) in [7, 11) is 0. The van der Waals surface area contributed by atoms with E-state index in [1.807, 2.05) is 0 Å². The van der Waals surface area contributed by atoms with Crippen molar-refractivity contribution in [3.63, 3.8) is 0 Å². The number of anilines is 1. The summed E-state index contributed by atoms with van der Waals surface area (Å²) in [4.78, 5) is 11.2. The minimum absolute atomic E-state index is 0.0788. The fourth-order valence-corrected chi connectivity index (χ4v) is 2.55. The molecule has 0 saturated heterocycles. The molecule has 3 N–H and O–H groups in total. The van der Waals surface area contributed by atoms with Gasteiger partial charge in [0.05, 0.1) is 4.92 Å².